The Morgan fingerprint density at radius 2 is 0.867 bits per heavy atom. The molecule has 0 aliphatic carbocycles. The maximum Gasteiger partial charge on any atom is 0.123 e. The van der Waals surface area contributed by atoms with Gasteiger partial charge >= 0.3 is 0 Å². The first kappa shape index (κ1) is 13.4. The highest BCUT2D eigenvalue weighted by Crippen LogP contribution is 1.91. The molecule has 80 valence electrons. The van der Waals surface area contributed by atoms with Crippen molar-refractivity contribution in [2.45, 2.75) is 13.8 Å². The Kier molecular flexibility index (Phi) is 9.32. The first-order valence-electron chi connectivity index (χ1n) is 5.10. The average molecular weight is 204 g/mol. The summed E-state index contributed by atoms with van der Waals surface area (Å²) in [6, 6.07) is 19.9. The zero-order chi connectivity index (χ0) is 11.4. The summed E-state index contributed by atoms with van der Waals surface area (Å²) in [5.74, 6) is -0.178. The summed E-state index contributed by atoms with van der Waals surface area (Å²) >= 11 is 0. The lowest BCUT2D eigenvalue weighted by molar-refractivity contribution is 0.628. The summed E-state index contributed by atoms with van der Waals surface area (Å²) in [6.45, 7) is 4.00. The van der Waals surface area contributed by atoms with Gasteiger partial charge in [-0.25, -0.2) is 4.39 Å². The molecule has 2 aromatic carbocycles. The zero-order valence-corrected chi connectivity index (χ0v) is 9.23. The van der Waals surface area contributed by atoms with Gasteiger partial charge in [0.1, 0.15) is 5.82 Å². The van der Waals surface area contributed by atoms with Crippen molar-refractivity contribution in [2.75, 3.05) is 0 Å². The molecular formula is C14H17F. The molecular weight excluding hydrogens is 187 g/mol. The van der Waals surface area contributed by atoms with E-state index in [0.29, 0.717) is 0 Å². The van der Waals surface area contributed by atoms with Gasteiger partial charge in [-0.05, 0) is 12.1 Å². The number of hydrogen-bond acceptors (Lipinski definition) is 0. The summed E-state index contributed by atoms with van der Waals surface area (Å²) in [5, 5.41) is 0. The first-order valence-corrected chi connectivity index (χ1v) is 5.10. The molecule has 0 bridgehead atoms. The van der Waals surface area contributed by atoms with Crippen molar-refractivity contribution < 1.29 is 4.39 Å². The largest absolute Gasteiger partial charge is 0.207 e. The van der Waals surface area contributed by atoms with Crippen molar-refractivity contribution >= 4 is 0 Å². The molecule has 0 radical (unpaired) electrons. The maximum atomic E-state index is 11.9. The third-order valence-electron chi connectivity index (χ3n) is 1.40. The van der Waals surface area contributed by atoms with Crippen LogP contribution in [0.3, 0.4) is 0 Å². The molecule has 0 spiro atoms. The van der Waals surface area contributed by atoms with Gasteiger partial charge in [-0.2, -0.15) is 0 Å². The second-order valence-electron chi connectivity index (χ2n) is 2.45. The second kappa shape index (κ2) is 10.5. The maximum absolute atomic E-state index is 11.9. The zero-order valence-electron chi connectivity index (χ0n) is 9.23. The standard InChI is InChI=1S/C6H5F.C6H6.C2H6/c7-6-4-2-1-3-5-6;1-2-4-6-5-3-1;1-2/h1-5H;1-6H;1-2H3. The molecule has 2 rings (SSSR count). The molecule has 0 saturated carbocycles. The summed E-state index contributed by atoms with van der Waals surface area (Å²) in [6.07, 6.45) is 0. The van der Waals surface area contributed by atoms with Crippen LogP contribution in [0.2, 0.25) is 0 Å². The van der Waals surface area contributed by atoms with Gasteiger partial charge in [-0.15, -0.1) is 0 Å². The van der Waals surface area contributed by atoms with Crippen LogP contribution in [0.5, 0.6) is 0 Å². The normalized spacial score (nSPS) is 7.67. The summed E-state index contributed by atoms with van der Waals surface area (Å²) in [4.78, 5) is 0. The second-order valence-corrected chi connectivity index (χ2v) is 2.45. The van der Waals surface area contributed by atoms with Gasteiger partial charge in [-0.3, -0.25) is 0 Å². The van der Waals surface area contributed by atoms with E-state index in [2.05, 4.69) is 0 Å². The predicted octanol–water partition coefficient (Wildman–Crippen LogP) is 4.54. The average Bonchev–Trinajstić information content (AvgIpc) is 2.36. The first-order chi connectivity index (χ1) is 7.39. The Morgan fingerprint density at radius 1 is 0.600 bits per heavy atom. The molecule has 2 aromatic rings. The number of rotatable bonds is 0. The van der Waals surface area contributed by atoms with E-state index in [1.165, 1.54) is 12.1 Å². The fraction of sp³-hybridized carbons (Fsp3) is 0.143. The quantitative estimate of drug-likeness (QED) is 0.591. The predicted molar refractivity (Wildman–Crippen MR) is 64.2 cm³/mol. The van der Waals surface area contributed by atoms with Crippen LogP contribution in [-0.4, -0.2) is 0 Å². The number of halogens is 1. The van der Waals surface area contributed by atoms with E-state index in [9.17, 15) is 4.39 Å². The molecule has 0 heterocycles. The highest BCUT2D eigenvalue weighted by Gasteiger charge is 1.77. The Hall–Kier alpha value is -1.63. The molecule has 15 heavy (non-hydrogen) atoms. The van der Waals surface area contributed by atoms with Gasteiger partial charge in [0.05, 0.1) is 0 Å². The van der Waals surface area contributed by atoms with E-state index in [1.807, 2.05) is 50.2 Å². The van der Waals surface area contributed by atoms with Crippen LogP contribution in [0.4, 0.5) is 4.39 Å². The van der Waals surface area contributed by atoms with Gasteiger partial charge in [-0.1, -0.05) is 68.4 Å². The van der Waals surface area contributed by atoms with E-state index in [1.54, 1.807) is 18.2 Å². The Balaban J connectivity index is 0.000000227. The van der Waals surface area contributed by atoms with Crippen LogP contribution in [0, 0.1) is 5.82 Å². The van der Waals surface area contributed by atoms with Crippen LogP contribution in [-0.2, 0) is 0 Å². The van der Waals surface area contributed by atoms with Crippen LogP contribution in [0.25, 0.3) is 0 Å². The lowest BCUT2D eigenvalue weighted by Crippen LogP contribution is -1.63. The molecule has 0 aromatic heterocycles. The van der Waals surface area contributed by atoms with Gasteiger partial charge in [0.2, 0.25) is 0 Å². The minimum absolute atomic E-state index is 0.178. The molecule has 0 saturated heterocycles. The monoisotopic (exact) mass is 204 g/mol. The van der Waals surface area contributed by atoms with Crippen LogP contribution >= 0.6 is 0 Å². The third-order valence-corrected chi connectivity index (χ3v) is 1.40. The van der Waals surface area contributed by atoms with E-state index < -0.39 is 0 Å². The van der Waals surface area contributed by atoms with Crippen molar-refractivity contribution in [3.05, 3.63) is 72.5 Å². The number of hydrogen-bond donors (Lipinski definition) is 0. The van der Waals surface area contributed by atoms with Crippen molar-refractivity contribution in [3.63, 3.8) is 0 Å². The molecule has 0 atom stereocenters. The van der Waals surface area contributed by atoms with E-state index >= 15 is 0 Å². The molecule has 0 fully saturated rings. The van der Waals surface area contributed by atoms with Crippen molar-refractivity contribution in [3.8, 4) is 0 Å². The summed E-state index contributed by atoms with van der Waals surface area (Å²) in [5.41, 5.74) is 0. The molecule has 0 aliphatic rings. The Labute approximate surface area is 91.4 Å². The highest BCUT2D eigenvalue weighted by molar-refractivity contribution is 5.02. The lowest BCUT2D eigenvalue weighted by Gasteiger charge is -1.78. The minimum Gasteiger partial charge on any atom is -0.207 e. The van der Waals surface area contributed by atoms with Crippen LogP contribution in [0.1, 0.15) is 13.8 Å². The topological polar surface area (TPSA) is 0 Å². The lowest BCUT2D eigenvalue weighted by atomic mass is 10.4. The van der Waals surface area contributed by atoms with Gasteiger partial charge in [0.15, 0.2) is 0 Å². The van der Waals surface area contributed by atoms with Crippen LogP contribution in [0.15, 0.2) is 66.7 Å². The summed E-state index contributed by atoms with van der Waals surface area (Å²) in [7, 11) is 0. The smallest absolute Gasteiger partial charge is 0.123 e. The fourth-order valence-electron chi connectivity index (χ4n) is 0.800. The van der Waals surface area contributed by atoms with E-state index in [-0.39, 0.29) is 5.82 Å². The van der Waals surface area contributed by atoms with Crippen molar-refractivity contribution in [2.24, 2.45) is 0 Å². The molecule has 0 amide bonds. The molecule has 0 nitrogen and oxygen atoms in total. The van der Waals surface area contributed by atoms with Gasteiger partial charge < -0.3 is 0 Å². The van der Waals surface area contributed by atoms with Crippen LogP contribution < -0.4 is 0 Å². The molecule has 0 N–H and O–H groups in total. The number of benzene rings is 2. The minimum atomic E-state index is -0.178. The molecule has 0 unspecified atom stereocenters. The van der Waals surface area contributed by atoms with Crippen molar-refractivity contribution in [1.82, 2.24) is 0 Å². The molecule has 0 aliphatic heterocycles. The summed E-state index contributed by atoms with van der Waals surface area (Å²) < 4.78 is 11.9. The third kappa shape index (κ3) is 8.69. The highest BCUT2D eigenvalue weighted by atomic mass is 19.1. The Bertz CT molecular complexity index is 276. The fourth-order valence-corrected chi connectivity index (χ4v) is 0.800. The van der Waals surface area contributed by atoms with Crippen molar-refractivity contribution in [1.29, 1.82) is 0 Å². The SMILES string of the molecule is CC.Fc1ccccc1.c1ccccc1. The van der Waals surface area contributed by atoms with Gasteiger partial charge in [0, 0.05) is 0 Å². The molecule has 1 heteroatoms. The Morgan fingerprint density at radius 3 is 1.07 bits per heavy atom. The van der Waals surface area contributed by atoms with E-state index in [4.69, 9.17) is 0 Å². The van der Waals surface area contributed by atoms with E-state index in [0.717, 1.165) is 0 Å². The van der Waals surface area contributed by atoms with Gasteiger partial charge in [0.25, 0.3) is 0 Å².